The van der Waals surface area contributed by atoms with Crippen molar-refractivity contribution in [2.45, 2.75) is 25.7 Å². The average Bonchev–Trinajstić information content (AvgIpc) is 2.78. The van der Waals surface area contributed by atoms with Gasteiger partial charge in [0, 0.05) is 5.69 Å². The van der Waals surface area contributed by atoms with Crippen LogP contribution >= 0.6 is 0 Å². The Morgan fingerprint density at radius 3 is 2.08 bits per heavy atom. The van der Waals surface area contributed by atoms with Crippen molar-refractivity contribution in [3.63, 3.8) is 0 Å². The molecule has 0 atom stereocenters. The van der Waals surface area contributed by atoms with Crippen molar-refractivity contribution in [2.24, 2.45) is 0 Å². The predicted molar refractivity (Wildman–Crippen MR) is 142 cm³/mol. The molecule has 0 unspecified atom stereocenters. The van der Waals surface area contributed by atoms with Gasteiger partial charge in [0.25, 0.3) is 10.0 Å². The first-order valence-electron chi connectivity index (χ1n) is 10.9. The minimum Gasteiger partial charge on any atom is -0.495 e. The zero-order valence-electron chi connectivity index (χ0n) is 20.7. The van der Waals surface area contributed by atoms with E-state index >= 15 is 0 Å². The van der Waals surface area contributed by atoms with E-state index in [4.69, 9.17) is 4.74 Å². The molecular formula is C25H29N3O6S2. The van der Waals surface area contributed by atoms with E-state index < -0.39 is 32.5 Å². The highest BCUT2D eigenvalue weighted by Gasteiger charge is 2.24. The van der Waals surface area contributed by atoms with Crippen molar-refractivity contribution in [1.29, 1.82) is 0 Å². The summed E-state index contributed by atoms with van der Waals surface area (Å²) < 4.78 is 59.4. The Balaban J connectivity index is 1.77. The van der Waals surface area contributed by atoms with Gasteiger partial charge in [0.15, 0.2) is 0 Å². The molecule has 9 nitrogen and oxygen atoms in total. The van der Waals surface area contributed by atoms with Gasteiger partial charge in [-0.15, -0.1) is 0 Å². The second kappa shape index (κ2) is 10.6. The SMILES string of the molecule is COc1ccc(C)cc1NS(=O)(=O)c1ccc(NC(=O)CN(c2c(C)cccc2C)S(C)(=O)=O)cc1. The molecule has 36 heavy (non-hydrogen) atoms. The molecule has 11 heteroatoms. The number of amides is 1. The first-order valence-corrected chi connectivity index (χ1v) is 14.3. The smallest absolute Gasteiger partial charge is 0.262 e. The van der Waals surface area contributed by atoms with Gasteiger partial charge in [-0.05, 0) is 73.9 Å². The fourth-order valence-electron chi connectivity index (χ4n) is 3.71. The van der Waals surface area contributed by atoms with Crippen molar-refractivity contribution in [1.82, 2.24) is 0 Å². The van der Waals surface area contributed by atoms with E-state index in [-0.39, 0.29) is 4.90 Å². The molecule has 0 saturated carbocycles. The molecule has 2 N–H and O–H groups in total. The number of sulfonamides is 2. The lowest BCUT2D eigenvalue weighted by atomic mass is 10.1. The molecule has 0 spiro atoms. The number of hydrogen-bond acceptors (Lipinski definition) is 6. The largest absolute Gasteiger partial charge is 0.495 e. The van der Waals surface area contributed by atoms with Crippen LogP contribution in [0.2, 0.25) is 0 Å². The Hall–Kier alpha value is -3.57. The summed E-state index contributed by atoms with van der Waals surface area (Å²) in [6.45, 7) is 4.95. The van der Waals surface area contributed by atoms with Gasteiger partial charge in [0.1, 0.15) is 12.3 Å². The molecule has 0 aliphatic heterocycles. The number of carbonyl (C=O) groups excluding carboxylic acids is 1. The monoisotopic (exact) mass is 531 g/mol. The highest BCUT2D eigenvalue weighted by atomic mass is 32.2. The van der Waals surface area contributed by atoms with Crippen LogP contribution in [0.5, 0.6) is 5.75 Å². The van der Waals surface area contributed by atoms with E-state index in [1.807, 2.05) is 13.0 Å². The van der Waals surface area contributed by atoms with Crippen LogP contribution in [0.25, 0.3) is 0 Å². The van der Waals surface area contributed by atoms with Crippen LogP contribution in [0, 0.1) is 20.8 Å². The van der Waals surface area contributed by atoms with E-state index in [1.165, 1.54) is 31.4 Å². The number of rotatable bonds is 9. The molecule has 0 aliphatic rings. The lowest BCUT2D eigenvalue weighted by Crippen LogP contribution is -2.38. The number of para-hydroxylation sites is 1. The summed E-state index contributed by atoms with van der Waals surface area (Å²) in [5.41, 5.74) is 3.38. The number of nitrogens with zero attached hydrogens (tertiary/aromatic N) is 1. The van der Waals surface area contributed by atoms with Crippen LogP contribution in [0.3, 0.4) is 0 Å². The van der Waals surface area contributed by atoms with Crippen LogP contribution in [-0.4, -0.2) is 42.7 Å². The predicted octanol–water partition coefficient (Wildman–Crippen LogP) is 3.83. The highest BCUT2D eigenvalue weighted by Crippen LogP contribution is 2.29. The minimum absolute atomic E-state index is 0.0163. The molecule has 0 fully saturated rings. The summed E-state index contributed by atoms with van der Waals surface area (Å²) in [5, 5.41) is 2.63. The fourth-order valence-corrected chi connectivity index (χ4v) is 5.75. The zero-order chi connectivity index (χ0) is 26.7. The molecular weight excluding hydrogens is 502 g/mol. The van der Waals surface area contributed by atoms with Crippen molar-refractivity contribution < 1.29 is 26.4 Å². The van der Waals surface area contributed by atoms with E-state index in [2.05, 4.69) is 10.0 Å². The zero-order valence-corrected chi connectivity index (χ0v) is 22.3. The number of methoxy groups -OCH3 is 1. The molecule has 1 amide bonds. The maximum absolute atomic E-state index is 12.9. The van der Waals surface area contributed by atoms with Gasteiger partial charge in [-0.2, -0.15) is 0 Å². The highest BCUT2D eigenvalue weighted by molar-refractivity contribution is 7.92. The minimum atomic E-state index is -3.92. The lowest BCUT2D eigenvalue weighted by molar-refractivity contribution is -0.114. The van der Waals surface area contributed by atoms with E-state index in [9.17, 15) is 21.6 Å². The van der Waals surface area contributed by atoms with Crippen molar-refractivity contribution >= 4 is 43.0 Å². The summed E-state index contributed by atoms with van der Waals surface area (Å²) in [5.74, 6) is -0.186. The average molecular weight is 532 g/mol. The van der Waals surface area contributed by atoms with Gasteiger partial charge in [-0.3, -0.25) is 13.8 Å². The van der Waals surface area contributed by atoms with Crippen LogP contribution in [0.15, 0.2) is 65.6 Å². The van der Waals surface area contributed by atoms with E-state index in [1.54, 1.807) is 44.2 Å². The normalized spacial score (nSPS) is 11.6. The molecule has 0 aliphatic carbocycles. The molecule has 3 rings (SSSR count). The van der Waals surface area contributed by atoms with Crippen LogP contribution < -0.4 is 19.1 Å². The first-order chi connectivity index (χ1) is 16.8. The topological polar surface area (TPSA) is 122 Å². The molecule has 0 saturated heterocycles. The van der Waals surface area contributed by atoms with E-state index in [0.29, 0.717) is 22.8 Å². The summed E-state index contributed by atoms with van der Waals surface area (Å²) in [6, 6.07) is 16.1. The Kier molecular flexibility index (Phi) is 7.95. The molecule has 0 radical (unpaired) electrons. The third-order valence-corrected chi connectivity index (χ3v) is 7.92. The van der Waals surface area contributed by atoms with Gasteiger partial charge in [0.2, 0.25) is 15.9 Å². The number of hydrogen-bond donors (Lipinski definition) is 2. The Labute approximate surface area is 212 Å². The first kappa shape index (κ1) is 27.0. The summed E-state index contributed by atoms with van der Waals surface area (Å²) >= 11 is 0. The number of carbonyl (C=O) groups is 1. The standard InChI is InChI=1S/C25H29N3O6S2/c1-17-9-14-23(34-4)22(15-17)27-36(32,33)21-12-10-20(11-13-21)26-24(29)16-28(35(5,30)31)25-18(2)7-6-8-19(25)3/h6-15,27H,16H2,1-5H3,(H,26,29). The van der Waals surface area contributed by atoms with Crippen molar-refractivity contribution in [3.8, 4) is 5.75 Å². The van der Waals surface area contributed by atoms with Gasteiger partial charge in [0.05, 0.1) is 29.6 Å². The number of ether oxygens (including phenoxy) is 1. The van der Waals surface area contributed by atoms with Gasteiger partial charge in [-0.25, -0.2) is 16.8 Å². The Morgan fingerprint density at radius 1 is 0.917 bits per heavy atom. The lowest BCUT2D eigenvalue weighted by Gasteiger charge is -2.25. The second-order valence-corrected chi connectivity index (χ2v) is 12.0. The third-order valence-electron chi connectivity index (χ3n) is 5.42. The molecule has 0 bridgehead atoms. The fraction of sp³-hybridized carbons (Fsp3) is 0.240. The number of benzene rings is 3. The molecule has 192 valence electrons. The quantitative estimate of drug-likeness (QED) is 0.433. The maximum Gasteiger partial charge on any atom is 0.262 e. The number of anilines is 3. The summed E-state index contributed by atoms with van der Waals surface area (Å²) in [4.78, 5) is 12.7. The van der Waals surface area contributed by atoms with Crippen LogP contribution in [0.1, 0.15) is 16.7 Å². The Bertz CT molecular complexity index is 1460. The maximum atomic E-state index is 12.9. The number of nitrogens with one attached hydrogen (secondary N) is 2. The van der Waals surface area contributed by atoms with Crippen molar-refractivity contribution in [2.75, 3.05) is 34.3 Å². The van der Waals surface area contributed by atoms with Gasteiger partial charge >= 0.3 is 0 Å². The summed E-state index contributed by atoms with van der Waals surface area (Å²) in [6.07, 6.45) is 1.04. The third kappa shape index (κ3) is 6.35. The van der Waals surface area contributed by atoms with Crippen LogP contribution in [-0.2, 0) is 24.8 Å². The van der Waals surface area contributed by atoms with Gasteiger partial charge in [-0.1, -0.05) is 24.3 Å². The number of aryl methyl sites for hydroxylation is 3. The molecule has 3 aromatic carbocycles. The van der Waals surface area contributed by atoms with Crippen LogP contribution in [0.4, 0.5) is 17.1 Å². The summed E-state index contributed by atoms with van der Waals surface area (Å²) in [7, 11) is -6.21. The Morgan fingerprint density at radius 2 is 1.53 bits per heavy atom. The molecule has 3 aromatic rings. The molecule has 0 aromatic heterocycles. The van der Waals surface area contributed by atoms with E-state index in [0.717, 1.165) is 27.3 Å². The second-order valence-electron chi connectivity index (χ2n) is 8.39. The molecule has 0 heterocycles. The van der Waals surface area contributed by atoms with Crippen molar-refractivity contribution in [3.05, 3.63) is 77.4 Å². The van der Waals surface area contributed by atoms with Gasteiger partial charge < -0.3 is 10.1 Å².